The molecule has 2 aromatic heterocycles. The number of aromatic nitrogens is 5. The van der Waals surface area contributed by atoms with Gasteiger partial charge in [0.25, 0.3) is 0 Å². The van der Waals surface area contributed by atoms with Gasteiger partial charge in [-0.15, -0.1) is 10.2 Å². The Morgan fingerprint density at radius 1 is 1.16 bits per heavy atom. The molecule has 37 heavy (non-hydrogen) atoms. The second-order valence-electron chi connectivity index (χ2n) is 11.2. The van der Waals surface area contributed by atoms with Crippen LogP contribution in [0.3, 0.4) is 0 Å². The summed E-state index contributed by atoms with van der Waals surface area (Å²) in [5, 5.41) is 19.4. The Bertz CT molecular complexity index is 1390. The first-order valence-electron chi connectivity index (χ1n) is 12.9. The van der Waals surface area contributed by atoms with E-state index in [9.17, 15) is 14.3 Å². The van der Waals surface area contributed by atoms with Gasteiger partial charge in [0.2, 0.25) is 0 Å². The Balaban J connectivity index is 1.27. The first-order chi connectivity index (χ1) is 17.7. The summed E-state index contributed by atoms with van der Waals surface area (Å²) in [7, 11) is 1.29. The number of fused-ring (bicyclic) bond motifs is 2. The fourth-order valence-electron chi connectivity index (χ4n) is 6.30. The fourth-order valence-corrected chi connectivity index (χ4v) is 6.30. The average molecular weight is 509 g/mol. The highest BCUT2D eigenvalue weighted by molar-refractivity contribution is 5.71. The van der Waals surface area contributed by atoms with Gasteiger partial charge in [-0.1, -0.05) is 19.4 Å². The standard InChI is InChI=1S/C27H30F2N6O2/c1-27-9-3-4-16(12-27)24(29)20(13-27)35(17-6-7-17)23-14-30-25(33-32-23)18-8-5-15(10-21(18)36)19-11-22(28)34(2)26(37)31-19/h5,8,10-11,14,16-17,20,24,36H,3-4,6-7,9,12-13H2,1-2H3/t16-,20-,24+,27+/m0/s1. The number of alkyl halides is 1. The Morgan fingerprint density at radius 3 is 2.65 bits per heavy atom. The van der Waals surface area contributed by atoms with Gasteiger partial charge in [-0.3, -0.25) is 4.57 Å². The first-order valence-corrected chi connectivity index (χ1v) is 12.9. The van der Waals surface area contributed by atoms with Crippen molar-refractivity contribution in [2.75, 3.05) is 4.90 Å². The van der Waals surface area contributed by atoms with Crippen molar-refractivity contribution in [1.29, 1.82) is 0 Å². The van der Waals surface area contributed by atoms with Crippen molar-refractivity contribution >= 4 is 5.82 Å². The van der Waals surface area contributed by atoms with Crippen LogP contribution in [0.5, 0.6) is 5.75 Å². The van der Waals surface area contributed by atoms with E-state index >= 15 is 4.39 Å². The van der Waals surface area contributed by atoms with Gasteiger partial charge in [-0.25, -0.2) is 14.2 Å². The molecule has 3 saturated carbocycles. The summed E-state index contributed by atoms with van der Waals surface area (Å²) in [5.41, 5.74) is 0.274. The molecule has 2 bridgehead atoms. The molecule has 1 aromatic carbocycles. The molecule has 6 rings (SSSR count). The molecule has 3 aliphatic carbocycles. The Labute approximate surface area is 213 Å². The normalized spacial score (nSPS) is 27.2. The SMILES string of the molecule is Cn1c(F)cc(-c2ccc(-c3ncc(N(C4CC4)[C@H]4C[C@]5(C)CCC[C@@H](C5)[C@H]4F)nn3)c(O)c2)nc1=O. The maximum absolute atomic E-state index is 15.7. The van der Waals surface area contributed by atoms with Crippen LogP contribution in [0.4, 0.5) is 14.6 Å². The molecule has 0 aliphatic heterocycles. The zero-order valence-electron chi connectivity index (χ0n) is 20.9. The molecule has 3 fully saturated rings. The Morgan fingerprint density at radius 2 is 1.97 bits per heavy atom. The van der Waals surface area contributed by atoms with Crippen LogP contribution in [0.25, 0.3) is 22.6 Å². The zero-order valence-corrected chi connectivity index (χ0v) is 20.9. The second-order valence-corrected chi connectivity index (χ2v) is 11.2. The van der Waals surface area contributed by atoms with Gasteiger partial charge in [-0.05, 0) is 62.0 Å². The van der Waals surface area contributed by atoms with Gasteiger partial charge in [0, 0.05) is 24.7 Å². The van der Waals surface area contributed by atoms with Gasteiger partial charge in [-0.2, -0.15) is 9.37 Å². The molecule has 3 aliphatic rings. The molecule has 8 nitrogen and oxygen atoms in total. The van der Waals surface area contributed by atoms with E-state index in [2.05, 4.69) is 32.0 Å². The molecule has 4 atom stereocenters. The Hall–Kier alpha value is -3.43. The summed E-state index contributed by atoms with van der Waals surface area (Å²) in [4.78, 5) is 22.3. The quantitative estimate of drug-likeness (QED) is 0.510. The van der Waals surface area contributed by atoms with Crippen molar-refractivity contribution in [3.63, 3.8) is 0 Å². The van der Waals surface area contributed by atoms with Crippen molar-refractivity contribution in [2.45, 2.75) is 70.1 Å². The van der Waals surface area contributed by atoms with Gasteiger partial charge >= 0.3 is 5.69 Å². The number of hydrogen-bond donors (Lipinski definition) is 1. The second kappa shape index (κ2) is 8.85. The third kappa shape index (κ3) is 4.36. The summed E-state index contributed by atoms with van der Waals surface area (Å²) in [6.07, 6.45) is 7.70. The van der Waals surface area contributed by atoms with Crippen LogP contribution >= 0.6 is 0 Å². The highest BCUT2D eigenvalue weighted by Gasteiger charge is 2.50. The number of aromatic hydroxyl groups is 1. The lowest BCUT2D eigenvalue weighted by molar-refractivity contribution is 0.00942. The molecule has 0 unspecified atom stereocenters. The van der Waals surface area contributed by atoms with Crippen LogP contribution in [0.15, 0.2) is 35.3 Å². The van der Waals surface area contributed by atoms with Crippen molar-refractivity contribution in [3.05, 3.63) is 46.9 Å². The first kappa shape index (κ1) is 23.9. The lowest BCUT2D eigenvalue weighted by atomic mass is 9.60. The average Bonchev–Trinajstić information content (AvgIpc) is 3.71. The molecular formula is C27H30F2N6O2. The van der Waals surface area contributed by atoms with E-state index in [1.165, 1.54) is 13.1 Å². The van der Waals surface area contributed by atoms with Crippen LogP contribution in [-0.4, -0.2) is 48.1 Å². The highest BCUT2D eigenvalue weighted by Crippen LogP contribution is 2.52. The third-order valence-corrected chi connectivity index (χ3v) is 8.36. The molecule has 0 amide bonds. The van der Waals surface area contributed by atoms with Crippen LogP contribution in [0.2, 0.25) is 0 Å². The number of halogens is 2. The van der Waals surface area contributed by atoms with Crippen LogP contribution in [-0.2, 0) is 7.05 Å². The molecule has 0 spiro atoms. The van der Waals surface area contributed by atoms with E-state index in [0.29, 0.717) is 16.9 Å². The summed E-state index contributed by atoms with van der Waals surface area (Å²) in [6.45, 7) is 2.29. The number of phenolic OH excluding ortho intramolecular Hbond substituents is 1. The maximum atomic E-state index is 15.7. The molecule has 1 N–H and O–H groups in total. The van der Waals surface area contributed by atoms with Gasteiger partial charge in [0.15, 0.2) is 17.6 Å². The van der Waals surface area contributed by atoms with E-state index in [-0.39, 0.29) is 40.7 Å². The summed E-state index contributed by atoms with van der Waals surface area (Å²) in [5.74, 6) is 0.00959. The molecule has 0 saturated heterocycles. The number of rotatable bonds is 5. The largest absolute Gasteiger partial charge is 0.507 e. The van der Waals surface area contributed by atoms with E-state index in [0.717, 1.165) is 55.6 Å². The Kier molecular flexibility index (Phi) is 5.72. The summed E-state index contributed by atoms with van der Waals surface area (Å²) in [6, 6.07) is 5.74. The molecule has 3 aromatic rings. The predicted molar refractivity (Wildman–Crippen MR) is 134 cm³/mol. The van der Waals surface area contributed by atoms with Gasteiger partial charge in [0.05, 0.1) is 23.5 Å². The minimum absolute atomic E-state index is 0.0992. The number of hydrogen-bond acceptors (Lipinski definition) is 7. The molecule has 0 radical (unpaired) electrons. The van der Waals surface area contributed by atoms with Crippen molar-refractivity contribution < 1.29 is 13.9 Å². The topological polar surface area (TPSA) is 97.0 Å². The molecule has 10 heteroatoms. The minimum atomic E-state index is -0.889. The maximum Gasteiger partial charge on any atom is 0.350 e. The number of anilines is 1. The van der Waals surface area contributed by atoms with E-state index in [1.54, 1.807) is 18.3 Å². The van der Waals surface area contributed by atoms with Crippen LogP contribution < -0.4 is 10.6 Å². The van der Waals surface area contributed by atoms with Crippen LogP contribution in [0, 0.1) is 17.3 Å². The third-order valence-electron chi connectivity index (χ3n) is 8.36. The highest BCUT2D eigenvalue weighted by atomic mass is 19.1. The molecular weight excluding hydrogens is 478 g/mol. The van der Waals surface area contributed by atoms with E-state index in [1.807, 2.05) is 0 Å². The van der Waals surface area contributed by atoms with Crippen molar-refractivity contribution in [3.8, 4) is 28.4 Å². The molecule has 194 valence electrons. The fraction of sp³-hybridized carbons (Fsp3) is 0.519. The van der Waals surface area contributed by atoms with E-state index < -0.39 is 17.8 Å². The minimum Gasteiger partial charge on any atom is -0.507 e. The lowest BCUT2D eigenvalue weighted by Gasteiger charge is -2.51. The summed E-state index contributed by atoms with van der Waals surface area (Å²) < 4.78 is 30.5. The van der Waals surface area contributed by atoms with E-state index in [4.69, 9.17) is 0 Å². The van der Waals surface area contributed by atoms with Crippen LogP contribution in [0.1, 0.15) is 51.9 Å². The lowest BCUT2D eigenvalue weighted by Crippen LogP contribution is -2.54. The van der Waals surface area contributed by atoms with Gasteiger partial charge in [0.1, 0.15) is 11.9 Å². The predicted octanol–water partition coefficient (Wildman–Crippen LogP) is 4.42. The van der Waals surface area contributed by atoms with Crippen molar-refractivity contribution in [1.82, 2.24) is 24.7 Å². The van der Waals surface area contributed by atoms with Gasteiger partial charge < -0.3 is 10.0 Å². The number of benzene rings is 1. The number of nitrogens with zero attached hydrogens (tertiary/aromatic N) is 6. The van der Waals surface area contributed by atoms with Crippen molar-refractivity contribution in [2.24, 2.45) is 18.4 Å². The zero-order chi connectivity index (χ0) is 25.9. The summed E-state index contributed by atoms with van der Waals surface area (Å²) >= 11 is 0. The smallest absolute Gasteiger partial charge is 0.350 e. The monoisotopic (exact) mass is 508 g/mol. The number of phenols is 1. The molecule has 2 heterocycles.